The van der Waals surface area contributed by atoms with Crippen molar-refractivity contribution in [2.24, 2.45) is 18.0 Å². The Bertz CT molecular complexity index is 542. The fourth-order valence-corrected chi connectivity index (χ4v) is 4.24. The summed E-state index contributed by atoms with van der Waals surface area (Å²) in [7, 11) is 2.00. The highest BCUT2D eigenvalue weighted by atomic mass is 15.3. The van der Waals surface area contributed by atoms with Crippen LogP contribution in [0.5, 0.6) is 0 Å². The molecule has 0 bridgehead atoms. The predicted octanol–water partition coefficient (Wildman–Crippen LogP) is 3.54. The first-order valence-electron chi connectivity index (χ1n) is 10.3. The lowest BCUT2D eigenvalue weighted by atomic mass is 9.91. The van der Waals surface area contributed by atoms with Gasteiger partial charge in [0.1, 0.15) is 0 Å². The number of aromatic nitrogens is 2. The predicted molar refractivity (Wildman–Crippen MR) is 104 cm³/mol. The van der Waals surface area contributed by atoms with Gasteiger partial charge in [0.15, 0.2) is 5.96 Å². The Labute approximate surface area is 152 Å². The van der Waals surface area contributed by atoms with Gasteiger partial charge < -0.3 is 10.2 Å². The van der Waals surface area contributed by atoms with Gasteiger partial charge in [-0.3, -0.25) is 9.67 Å². The number of nitrogens with one attached hydrogen (secondary N) is 1. The second kappa shape index (κ2) is 9.25. The molecule has 1 aliphatic heterocycles. The summed E-state index contributed by atoms with van der Waals surface area (Å²) in [6.45, 7) is 6.26. The van der Waals surface area contributed by atoms with Crippen LogP contribution >= 0.6 is 0 Å². The Hall–Kier alpha value is -1.52. The van der Waals surface area contributed by atoms with Crippen molar-refractivity contribution in [2.45, 2.75) is 64.2 Å². The third kappa shape index (κ3) is 5.23. The average molecular weight is 346 g/mol. The summed E-state index contributed by atoms with van der Waals surface area (Å²) in [5, 5.41) is 7.86. The number of aliphatic imine (C=N–C) groups is 1. The first-order chi connectivity index (χ1) is 12.3. The van der Waals surface area contributed by atoms with E-state index in [9.17, 15) is 0 Å². The zero-order valence-electron chi connectivity index (χ0n) is 16.1. The minimum atomic E-state index is 0.582. The van der Waals surface area contributed by atoms with Crippen LogP contribution in [0.4, 0.5) is 0 Å². The monoisotopic (exact) mass is 345 g/mol. The van der Waals surface area contributed by atoms with Crippen molar-refractivity contribution in [3.8, 4) is 0 Å². The molecule has 1 aromatic heterocycles. The molecule has 1 aromatic rings. The summed E-state index contributed by atoms with van der Waals surface area (Å²) >= 11 is 0. The highest BCUT2D eigenvalue weighted by molar-refractivity contribution is 5.80. The quantitative estimate of drug-likeness (QED) is 0.671. The Morgan fingerprint density at radius 3 is 2.64 bits per heavy atom. The Morgan fingerprint density at radius 1 is 1.20 bits per heavy atom. The third-order valence-electron chi connectivity index (χ3n) is 5.74. The molecule has 0 spiro atoms. The second-order valence-corrected chi connectivity index (χ2v) is 7.78. The fourth-order valence-electron chi connectivity index (χ4n) is 4.24. The van der Waals surface area contributed by atoms with Crippen molar-refractivity contribution in [1.82, 2.24) is 20.0 Å². The molecule has 3 rings (SSSR count). The molecule has 5 heteroatoms. The smallest absolute Gasteiger partial charge is 0.193 e. The van der Waals surface area contributed by atoms with Gasteiger partial charge in [0, 0.05) is 45.3 Å². The first-order valence-corrected chi connectivity index (χ1v) is 10.3. The molecule has 2 aliphatic rings. The topological polar surface area (TPSA) is 45.5 Å². The summed E-state index contributed by atoms with van der Waals surface area (Å²) in [4.78, 5) is 7.48. The Kier molecular flexibility index (Phi) is 6.76. The zero-order chi connectivity index (χ0) is 17.5. The lowest BCUT2D eigenvalue weighted by molar-refractivity contribution is 0.383. The van der Waals surface area contributed by atoms with Gasteiger partial charge in [-0.05, 0) is 37.7 Å². The van der Waals surface area contributed by atoms with Crippen LogP contribution in [-0.4, -0.2) is 46.8 Å². The number of rotatable bonds is 4. The molecule has 5 nitrogen and oxygen atoms in total. The number of hydrogen-bond acceptors (Lipinski definition) is 2. The molecule has 0 radical (unpaired) electrons. The van der Waals surface area contributed by atoms with E-state index in [4.69, 9.17) is 4.99 Å². The van der Waals surface area contributed by atoms with E-state index in [1.165, 1.54) is 56.9 Å². The molecule has 1 N–H and O–H groups in total. The largest absolute Gasteiger partial charge is 0.357 e. The molecule has 1 saturated carbocycles. The van der Waals surface area contributed by atoms with Crippen molar-refractivity contribution in [3.63, 3.8) is 0 Å². The van der Waals surface area contributed by atoms with Crippen molar-refractivity contribution in [3.05, 3.63) is 18.0 Å². The summed E-state index contributed by atoms with van der Waals surface area (Å²) in [6, 6.07) is 0. The van der Waals surface area contributed by atoms with Gasteiger partial charge in [0.05, 0.1) is 6.20 Å². The molecule has 2 fully saturated rings. The maximum Gasteiger partial charge on any atom is 0.193 e. The molecule has 1 saturated heterocycles. The maximum absolute atomic E-state index is 5.04. The van der Waals surface area contributed by atoms with Crippen LogP contribution in [0, 0.1) is 5.92 Å². The van der Waals surface area contributed by atoms with Crippen LogP contribution in [-0.2, 0) is 7.05 Å². The highest BCUT2D eigenvalue weighted by Gasteiger charge is 2.27. The van der Waals surface area contributed by atoms with Gasteiger partial charge >= 0.3 is 0 Å². The van der Waals surface area contributed by atoms with Gasteiger partial charge in [0.25, 0.3) is 0 Å². The number of guanidine groups is 1. The van der Waals surface area contributed by atoms with Gasteiger partial charge in [-0.15, -0.1) is 0 Å². The number of likely N-dealkylation sites (tertiary alicyclic amines) is 1. The number of nitrogens with zero attached hydrogens (tertiary/aromatic N) is 4. The Balaban J connectivity index is 1.58. The summed E-state index contributed by atoms with van der Waals surface area (Å²) in [5.74, 6) is 2.49. The van der Waals surface area contributed by atoms with E-state index >= 15 is 0 Å². The molecule has 0 aromatic carbocycles. The van der Waals surface area contributed by atoms with Gasteiger partial charge in [-0.1, -0.05) is 32.1 Å². The van der Waals surface area contributed by atoms with E-state index in [0.717, 1.165) is 38.1 Å². The number of hydrogen-bond donors (Lipinski definition) is 1. The van der Waals surface area contributed by atoms with Crippen LogP contribution in [0.25, 0.3) is 0 Å². The summed E-state index contributed by atoms with van der Waals surface area (Å²) in [6.07, 6.45) is 15.1. The number of aryl methyl sites for hydroxylation is 1. The molecule has 1 unspecified atom stereocenters. The zero-order valence-corrected chi connectivity index (χ0v) is 16.1. The molecule has 1 aliphatic carbocycles. The van der Waals surface area contributed by atoms with Crippen molar-refractivity contribution < 1.29 is 0 Å². The summed E-state index contributed by atoms with van der Waals surface area (Å²) in [5.41, 5.74) is 1.36. The normalized spacial score (nSPS) is 23.5. The van der Waals surface area contributed by atoms with Crippen LogP contribution in [0.3, 0.4) is 0 Å². The molecule has 2 heterocycles. The molecular weight excluding hydrogens is 310 g/mol. The lowest BCUT2D eigenvalue weighted by Gasteiger charge is -2.23. The fraction of sp³-hybridized carbons (Fsp3) is 0.800. The minimum absolute atomic E-state index is 0.582. The summed E-state index contributed by atoms with van der Waals surface area (Å²) < 4.78 is 1.91. The third-order valence-corrected chi connectivity index (χ3v) is 5.74. The first kappa shape index (κ1) is 18.3. The Morgan fingerprint density at radius 2 is 1.96 bits per heavy atom. The van der Waals surface area contributed by atoms with Gasteiger partial charge in [-0.2, -0.15) is 5.10 Å². The van der Waals surface area contributed by atoms with E-state index < -0.39 is 0 Å². The van der Waals surface area contributed by atoms with Gasteiger partial charge in [-0.25, -0.2) is 0 Å². The van der Waals surface area contributed by atoms with Crippen LogP contribution < -0.4 is 5.32 Å². The van der Waals surface area contributed by atoms with Crippen LogP contribution in [0.15, 0.2) is 17.4 Å². The molecule has 0 amide bonds. The molecule has 1 atom stereocenters. The van der Waals surface area contributed by atoms with E-state index in [0.29, 0.717) is 5.92 Å². The van der Waals surface area contributed by atoms with E-state index in [1.54, 1.807) is 0 Å². The van der Waals surface area contributed by atoms with Crippen LogP contribution in [0.1, 0.15) is 69.8 Å². The van der Waals surface area contributed by atoms with Gasteiger partial charge in [0.2, 0.25) is 0 Å². The standard InChI is InChI=1S/C20H35N5/c1-3-21-20(22-13-17-9-7-5-4-6-8-10-17)25-12-11-18(16-25)19-14-23-24(2)15-19/h14-15,17-18H,3-13,16H2,1-2H3,(H,21,22). The van der Waals surface area contributed by atoms with E-state index in [1.807, 2.05) is 17.9 Å². The lowest BCUT2D eigenvalue weighted by Crippen LogP contribution is -2.40. The average Bonchev–Trinajstić information content (AvgIpc) is 3.21. The van der Waals surface area contributed by atoms with E-state index in [-0.39, 0.29) is 0 Å². The highest BCUT2D eigenvalue weighted by Crippen LogP contribution is 2.27. The minimum Gasteiger partial charge on any atom is -0.357 e. The van der Waals surface area contributed by atoms with Crippen LogP contribution in [0.2, 0.25) is 0 Å². The molecule has 140 valence electrons. The van der Waals surface area contributed by atoms with E-state index in [2.05, 4.69) is 28.4 Å². The maximum atomic E-state index is 5.04. The second-order valence-electron chi connectivity index (χ2n) is 7.78. The van der Waals surface area contributed by atoms with Crippen molar-refractivity contribution >= 4 is 5.96 Å². The van der Waals surface area contributed by atoms with Crippen molar-refractivity contribution in [2.75, 3.05) is 26.2 Å². The van der Waals surface area contributed by atoms with Crippen molar-refractivity contribution in [1.29, 1.82) is 0 Å². The SMILES string of the molecule is CCNC(=NCC1CCCCCCC1)N1CCC(c2cnn(C)c2)C1. The molecular formula is C20H35N5. The molecule has 25 heavy (non-hydrogen) atoms.